The van der Waals surface area contributed by atoms with Crippen molar-refractivity contribution < 1.29 is 40.8 Å². The number of ether oxygens (including phenoxy) is 1. The summed E-state index contributed by atoms with van der Waals surface area (Å²) in [5, 5.41) is 11.3. The normalized spacial score (nSPS) is 12.2. The van der Waals surface area contributed by atoms with Gasteiger partial charge in [0.25, 0.3) is 5.69 Å². The SMILES string of the molecule is O=C(OCc1ccccc1)n1c(C(F)(F)F)nc2cc(C(F)(F)F)cc([N+](=O)[O-])c21. The van der Waals surface area contributed by atoms with Crippen molar-refractivity contribution in [3.63, 3.8) is 0 Å². The van der Waals surface area contributed by atoms with E-state index in [0.717, 1.165) is 0 Å². The maximum Gasteiger partial charge on any atom is 0.450 e. The molecule has 3 rings (SSSR count). The minimum atomic E-state index is -5.31. The van der Waals surface area contributed by atoms with Crippen LogP contribution in [0.3, 0.4) is 0 Å². The highest BCUT2D eigenvalue weighted by Gasteiger charge is 2.43. The highest BCUT2D eigenvalue weighted by Crippen LogP contribution is 2.39. The van der Waals surface area contributed by atoms with Crippen molar-refractivity contribution in [2.75, 3.05) is 0 Å². The van der Waals surface area contributed by atoms with E-state index in [2.05, 4.69) is 4.98 Å². The number of imidazole rings is 1. The summed E-state index contributed by atoms with van der Waals surface area (Å²) in [7, 11) is 0. The molecule has 1 aromatic heterocycles. The molecule has 0 aliphatic rings. The number of alkyl halides is 6. The summed E-state index contributed by atoms with van der Waals surface area (Å²) in [6, 6.07) is 8.01. The van der Waals surface area contributed by atoms with Gasteiger partial charge in [0, 0.05) is 6.07 Å². The topological polar surface area (TPSA) is 87.3 Å². The Hall–Kier alpha value is -3.64. The Balaban J connectivity index is 2.20. The minimum Gasteiger partial charge on any atom is -0.444 e. The highest BCUT2D eigenvalue weighted by molar-refractivity contribution is 5.94. The zero-order valence-electron chi connectivity index (χ0n) is 14.5. The van der Waals surface area contributed by atoms with Crippen molar-refractivity contribution in [2.24, 2.45) is 0 Å². The van der Waals surface area contributed by atoms with Crippen molar-refractivity contribution >= 4 is 22.8 Å². The molecule has 7 nitrogen and oxygen atoms in total. The summed E-state index contributed by atoms with van der Waals surface area (Å²) >= 11 is 0. The van der Waals surface area contributed by atoms with Crippen LogP contribution in [0.2, 0.25) is 0 Å². The Morgan fingerprint density at radius 3 is 2.23 bits per heavy atom. The number of fused-ring (bicyclic) bond motifs is 1. The van der Waals surface area contributed by atoms with Crippen molar-refractivity contribution in [3.8, 4) is 0 Å². The average molecular weight is 433 g/mol. The fourth-order valence-electron chi connectivity index (χ4n) is 2.64. The van der Waals surface area contributed by atoms with Gasteiger partial charge >= 0.3 is 18.4 Å². The number of nitrogens with zero attached hydrogens (tertiary/aromatic N) is 3. The van der Waals surface area contributed by atoms with Crippen LogP contribution in [0.25, 0.3) is 11.0 Å². The quantitative estimate of drug-likeness (QED) is 0.323. The standard InChI is InChI=1S/C17H9F6N3O4/c18-16(19,20)10-6-11-13(12(7-10)26(28)29)25(14(24-11)17(21,22)23)15(27)30-8-9-4-2-1-3-5-9/h1-7H,8H2. The van der Waals surface area contributed by atoms with E-state index in [1.165, 1.54) is 12.1 Å². The first-order chi connectivity index (χ1) is 13.9. The molecule has 0 aliphatic carbocycles. The van der Waals surface area contributed by atoms with Crippen molar-refractivity contribution in [2.45, 2.75) is 19.0 Å². The average Bonchev–Trinajstić information content (AvgIpc) is 3.05. The summed E-state index contributed by atoms with van der Waals surface area (Å²) in [6.45, 7) is -0.481. The molecule has 13 heteroatoms. The van der Waals surface area contributed by atoms with Crippen LogP contribution in [0.1, 0.15) is 17.0 Å². The van der Waals surface area contributed by atoms with Crippen LogP contribution in [0.4, 0.5) is 36.8 Å². The van der Waals surface area contributed by atoms with Gasteiger partial charge in [-0.2, -0.15) is 26.3 Å². The molecular formula is C17H9F6N3O4. The van der Waals surface area contributed by atoms with Crippen LogP contribution in [0.15, 0.2) is 42.5 Å². The molecule has 30 heavy (non-hydrogen) atoms. The van der Waals surface area contributed by atoms with Gasteiger partial charge in [0.2, 0.25) is 5.82 Å². The molecule has 0 aliphatic heterocycles. The number of nitro benzene ring substituents is 1. The fraction of sp³-hybridized carbons (Fsp3) is 0.176. The predicted molar refractivity (Wildman–Crippen MR) is 88.4 cm³/mol. The monoisotopic (exact) mass is 433 g/mol. The molecule has 0 N–H and O–H groups in total. The van der Waals surface area contributed by atoms with E-state index in [9.17, 15) is 41.3 Å². The van der Waals surface area contributed by atoms with Gasteiger partial charge in [0.15, 0.2) is 5.52 Å². The summed E-state index contributed by atoms with van der Waals surface area (Å²) in [5.74, 6) is -1.95. The number of carbonyl (C=O) groups excluding carboxylic acids is 1. The highest BCUT2D eigenvalue weighted by atomic mass is 19.4. The Morgan fingerprint density at radius 1 is 1.07 bits per heavy atom. The number of rotatable bonds is 3. The van der Waals surface area contributed by atoms with E-state index < -0.39 is 58.1 Å². The summed E-state index contributed by atoms with van der Waals surface area (Å²) < 4.78 is 83.7. The summed E-state index contributed by atoms with van der Waals surface area (Å²) in [4.78, 5) is 25.3. The predicted octanol–water partition coefficient (Wildman–Crippen LogP) is 5.17. The van der Waals surface area contributed by atoms with Crippen molar-refractivity contribution in [1.29, 1.82) is 0 Å². The lowest BCUT2D eigenvalue weighted by Crippen LogP contribution is -2.22. The van der Waals surface area contributed by atoms with Crippen molar-refractivity contribution in [1.82, 2.24) is 9.55 Å². The molecular weight excluding hydrogens is 424 g/mol. The van der Waals surface area contributed by atoms with E-state index in [-0.39, 0.29) is 16.7 Å². The molecule has 0 spiro atoms. The van der Waals surface area contributed by atoms with Gasteiger partial charge in [-0.3, -0.25) is 10.1 Å². The third-order valence-corrected chi connectivity index (χ3v) is 3.90. The molecule has 0 saturated heterocycles. The van der Waals surface area contributed by atoms with Crippen LogP contribution >= 0.6 is 0 Å². The molecule has 0 amide bonds. The summed E-state index contributed by atoms with van der Waals surface area (Å²) in [6.07, 6.45) is -12.1. The summed E-state index contributed by atoms with van der Waals surface area (Å²) in [5.41, 5.74) is -4.64. The van der Waals surface area contributed by atoms with Gasteiger partial charge in [-0.05, 0) is 11.6 Å². The smallest absolute Gasteiger partial charge is 0.444 e. The van der Waals surface area contributed by atoms with Crippen molar-refractivity contribution in [3.05, 3.63) is 69.5 Å². The van der Waals surface area contributed by atoms with Crippen LogP contribution in [-0.4, -0.2) is 20.6 Å². The van der Waals surface area contributed by atoms with Crippen LogP contribution in [0.5, 0.6) is 0 Å². The van der Waals surface area contributed by atoms with Gasteiger partial charge in [-0.1, -0.05) is 30.3 Å². The number of non-ortho nitro benzene ring substituents is 1. The molecule has 0 unspecified atom stereocenters. The van der Waals surface area contributed by atoms with Gasteiger partial charge in [-0.15, -0.1) is 0 Å². The largest absolute Gasteiger partial charge is 0.450 e. The van der Waals surface area contributed by atoms with Crippen LogP contribution < -0.4 is 0 Å². The molecule has 0 bridgehead atoms. The molecule has 0 saturated carbocycles. The van der Waals surface area contributed by atoms with E-state index in [1.54, 1.807) is 18.2 Å². The molecule has 1 heterocycles. The number of benzene rings is 2. The Labute approximate surface area is 162 Å². The van der Waals surface area contributed by atoms with Gasteiger partial charge in [-0.25, -0.2) is 14.3 Å². The Kier molecular flexibility index (Phi) is 5.14. The molecule has 0 fully saturated rings. The van der Waals surface area contributed by atoms with Crippen LogP contribution in [0, 0.1) is 10.1 Å². The number of hydrogen-bond acceptors (Lipinski definition) is 5. The third-order valence-electron chi connectivity index (χ3n) is 3.90. The second-order valence-corrected chi connectivity index (χ2v) is 5.93. The lowest BCUT2D eigenvalue weighted by atomic mass is 10.1. The van der Waals surface area contributed by atoms with Crippen LogP contribution in [-0.2, 0) is 23.7 Å². The van der Waals surface area contributed by atoms with E-state index in [1.807, 2.05) is 0 Å². The number of nitro groups is 1. The van der Waals surface area contributed by atoms with Gasteiger partial charge < -0.3 is 4.74 Å². The second kappa shape index (κ2) is 7.31. The van der Waals surface area contributed by atoms with Gasteiger partial charge in [0.05, 0.1) is 16.0 Å². The molecule has 0 atom stereocenters. The first kappa shape index (κ1) is 21.1. The molecule has 3 aromatic rings. The van der Waals surface area contributed by atoms with E-state index in [0.29, 0.717) is 5.56 Å². The van der Waals surface area contributed by atoms with E-state index in [4.69, 9.17) is 4.74 Å². The molecule has 0 radical (unpaired) electrons. The zero-order chi connectivity index (χ0) is 22.3. The number of halogens is 6. The first-order valence-corrected chi connectivity index (χ1v) is 7.96. The number of hydrogen-bond donors (Lipinski definition) is 0. The minimum absolute atomic E-state index is 0.0329. The maximum atomic E-state index is 13.4. The third kappa shape index (κ3) is 4.04. The lowest BCUT2D eigenvalue weighted by molar-refractivity contribution is -0.383. The Morgan fingerprint density at radius 2 is 1.70 bits per heavy atom. The fourth-order valence-corrected chi connectivity index (χ4v) is 2.64. The Bertz CT molecular complexity index is 1120. The first-order valence-electron chi connectivity index (χ1n) is 7.96. The molecule has 2 aromatic carbocycles. The zero-order valence-corrected chi connectivity index (χ0v) is 14.5. The van der Waals surface area contributed by atoms with E-state index >= 15 is 0 Å². The second-order valence-electron chi connectivity index (χ2n) is 5.93. The number of carbonyl (C=O) groups is 1. The molecule has 158 valence electrons. The number of aromatic nitrogens is 2. The van der Waals surface area contributed by atoms with Gasteiger partial charge in [0.1, 0.15) is 6.61 Å². The lowest BCUT2D eigenvalue weighted by Gasteiger charge is -2.11. The maximum absolute atomic E-state index is 13.4.